The van der Waals surface area contributed by atoms with Crippen molar-refractivity contribution in [2.45, 2.75) is 25.7 Å². The number of nitrogens with zero attached hydrogens (tertiary/aromatic N) is 1. The van der Waals surface area contributed by atoms with E-state index >= 15 is 0 Å². The number of halogens is 1. The van der Waals surface area contributed by atoms with Gasteiger partial charge in [-0.25, -0.2) is 4.39 Å². The van der Waals surface area contributed by atoms with Crippen molar-refractivity contribution < 1.29 is 4.39 Å². The van der Waals surface area contributed by atoms with E-state index < -0.39 is 0 Å². The summed E-state index contributed by atoms with van der Waals surface area (Å²) >= 11 is 0. The molecule has 1 heterocycles. The standard InChI is InChI=1S/C15H18FN3/c16-12-9-13(17)11-4-2-8-18-14(11)15(12)19-7-1-3-10-5-6-10/h2,4,8-10,19H,1,3,5-7,17H2. The van der Waals surface area contributed by atoms with Gasteiger partial charge in [0.2, 0.25) is 0 Å². The van der Waals surface area contributed by atoms with E-state index in [4.69, 9.17) is 5.73 Å². The van der Waals surface area contributed by atoms with Crippen molar-refractivity contribution in [3.05, 3.63) is 30.2 Å². The van der Waals surface area contributed by atoms with Crippen molar-refractivity contribution in [3.63, 3.8) is 0 Å². The molecule has 2 aromatic rings. The van der Waals surface area contributed by atoms with Gasteiger partial charge in [-0.2, -0.15) is 0 Å². The van der Waals surface area contributed by atoms with Gasteiger partial charge in [0.25, 0.3) is 0 Å². The second-order valence-electron chi connectivity index (χ2n) is 5.23. The predicted octanol–water partition coefficient (Wildman–Crippen LogP) is 3.56. The lowest BCUT2D eigenvalue weighted by Crippen LogP contribution is -2.06. The number of benzene rings is 1. The highest BCUT2D eigenvalue weighted by atomic mass is 19.1. The van der Waals surface area contributed by atoms with Gasteiger partial charge in [-0.05, 0) is 37.0 Å². The van der Waals surface area contributed by atoms with E-state index in [1.807, 2.05) is 12.1 Å². The molecule has 1 aromatic heterocycles. The lowest BCUT2D eigenvalue weighted by Gasteiger charge is -2.11. The Kier molecular flexibility index (Phi) is 3.23. The number of nitrogens with one attached hydrogen (secondary N) is 1. The van der Waals surface area contributed by atoms with E-state index in [-0.39, 0.29) is 5.82 Å². The summed E-state index contributed by atoms with van der Waals surface area (Å²) in [6, 6.07) is 5.05. The fraction of sp³-hybridized carbons (Fsp3) is 0.400. The monoisotopic (exact) mass is 259 g/mol. The lowest BCUT2D eigenvalue weighted by molar-refractivity contribution is 0.629. The minimum Gasteiger partial charge on any atom is -0.398 e. The first-order chi connectivity index (χ1) is 9.25. The molecule has 0 amide bonds. The highest BCUT2D eigenvalue weighted by Crippen LogP contribution is 2.34. The SMILES string of the molecule is Nc1cc(F)c(NCCCC2CC2)c2ncccc12. The largest absolute Gasteiger partial charge is 0.398 e. The molecule has 3 N–H and O–H groups in total. The number of fused-ring (bicyclic) bond motifs is 1. The van der Waals surface area contributed by atoms with E-state index in [1.54, 1.807) is 6.20 Å². The molecule has 4 heteroatoms. The molecule has 0 bridgehead atoms. The fourth-order valence-electron chi connectivity index (χ4n) is 2.42. The third-order valence-electron chi connectivity index (χ3n) is 3.66. The molecule has 0 aliphatic heterocycles. The Hall–Kier alpha value is -1.84. The van der Waals surface area contributed by atoms with E-state index in [0.717, 1.165) is 24.3 Å². The smallest absolute Gasteiger partial charge is 0.150 e. The zero-order chi connectivity index (χ0) is 13.2. The number of hydrogen-bond donors (Lipinski definition) is 2. The van der Waals surface area contributed by atoms with Crippen LogP contribution in [0, 0.1) is 11.7 Å². The average Bonchev–Trinajstić information content (AvgIpc) is 3.22. The van der Waals surface area contributed by atoms with Crippen LogP contribution in [0.3, 0.4) is 0 Å². The van der Waals surface area contributed by atoms with Crippen molar-refractivity contribution in [2.24, 2.45) is 5.92 Å². The number of rotatable bonds is 5. The maximum atomic E-state index is 14.0. The van der Waals surface area contributed by atoms with Crippen LogP contribution in [0.2, 0.25) is 0 Å². The van der Waals surface area contributed by atoms with Crippen molar-refractivity contribution in [2.75, 3.05) is 17.6 Å². The number of aromatic nitrogens is 1. The van der Waals surface area contributed by atoms with Crippen molar-refractivity contribution in [1.29, 1.82) is 0 Å². The molecule has 1 aliphatic carbocycles. The first kappa shape index (κ1) is 12.2. The Morgan fingerprint density at radius 3 is 3.05 bits per heavy atom. The summed E-state index contributed by atoms with van der Waals surface area (Å²) in [6.07, 6.45) is 6.69. The van der Waals surface area contributed by atoms with Crippen LogP contribution in [0.25, 0.3) is 10.9 Å². The van der Waals surface area contributed by atoms with Crippen LogP contribution in [0.15, 0.2) is 24.4 Å². The highest BCUT2D eigenvalue weighted by molar-refractivity contribution is 5.98. The number of anilines is 2. The van der Waals surface area contributed by atoms with E-state index in [1.165, 1.54) is 25.3 Å². The minimum absolute atomic E-state index is 0.324. The summed E-state index contributed by atoms with van der Waals surface area (Å²) in [5.74, 6) is 0.586. The van der Waals surface area contributed by atoms with Crippen LogP contribution >= 0.6 is 0 Å². The third-order valence-corrected chi connectivity index (χ3v) is 3.66. The van der Waals surface area contributed by atoms with Gasteiger partial charge in [0, 0.05) is 23.8 Å². The molecular formula is C15H18FN3. The Labute approximate surface area is 112 Å². The molecule has 100 valence electrons. The Morgan fingerprint density at radius 1 is 1.42 bits per heavy atom. The quantitative estimate of drug-likeness (QED) is 0.637. The zero-order valence-electron chi connectivity index (χ0n) is 10.8. The molecule has 0 radical (unpaired) electrons. The first-order valence-electron chi connectivity index (χ1n) is 6.82. The van der Waals surface area contributed by atoms with Gasteiger partial charge in [-0.15, -0.1) is 0 Å². The zero-order valence-corrected chi connectivity index (χ0v) is 10.8. The van der Waals surface area contributed by atoms with Crippen LogP contribution in [0.1, 0.15) is 25.7 Å². The summed E-state index contributed by atoms with van der Waals surface area (Å²) in [6.45, 7) is 0.781. The lowest BCUT2D eigenvalue weighted by atomic mass is 10.1. The molecule has 3 rings (SSSR count). The summed E-state index contributed by atoms with van der Waals surface area (Å²) < 4.78 is 14.0. The van der Waals surface area contributed by atoms with Crippen LogP contribution in [-0.4, -0.2) is 11.5 Å². The summed E-state index contributed by atoms with van der Waals surface area (Å²) in [5, 5.41) is 3.97. The summed E-state index contributed by atoms with van der Waals surface area (Å²) in [5.41, 5.74) is 7.35. The maximum absolute atomic E-state index is 14.0. The molecular weight excluding hydrogens is 241 g/mol. The van der Waals surface area contributed by atoms with Crippen molar-refractivity contribution in [1.82, 2.24) is 4.98 Å². The third kappa shape index (κ3) is 2.62. The van der Waals surface area contributed by atoms with Crippen molar-refractivity contribution >= 4 is 22.3 Å². The van der Waals surface area contributed by atoms with Gasteiger partial charge in [0.15, 0.2) is 5.82 Å². The second-order valence-corrected chi connectivity index (χ2v) is 5.23. The molecule has 0 saturated heterocycles. The van der Waals surface area contributed by atoms with Crippen LogP contribution in [0.4, 0.5) is 15.8 Å². The van der Waals surface area contributed by atoms with E-state index in [0.29, 0.717) is 16.9 Å². The highest BCUT2D eigenvalue weighted by Gasteiger charge is 2.20. The average molecular weight is 259 g/mol. The predicted molar refractivity (Wildman–Crippen MR) is 76.6 cm³/mol. The molecule has 0 unspecified atom stereocenters. The van der Waals surface area contributed by atoms with Gasteiger partial charge >= 0.3 is 0 Å². The summed E-state index contributed by atoms with van der Waals surface area (Å²) in [7, 11) is 0. The molecule has 1 aliphatic rings. The maximum Gasteiger partial charge on any atom is 0.150 e. The Bertz CT molecular complexity index is 593. The van der Waals surface area contributed by atoms with E-state index in [9.17, 15) is 4.39 Å². The second kappa shape index (κ2) is 5.03. The molecule has 3 nitrogen and oxygen atoms in total. The topological polar surface area (TPSA) is 50.9 Å². The Balaban J connectivity index is 1.80. The first-order valence-corrected chi connectivity index (χ1v) is 6.82. The van der Waals surface area contributed by atoms with Crippen LogP contribution in [-0.2, 0) is 0 Å². The molecule has 19 heavy (non-hydrogen) atoms. The number of pyridine rings is 1. The van der Waals surface area contributed by atoms with Crippen LogP contribution < -0.4 is 11.1 Å². The van der Waals surface area contributed by atoms with Gasteiger partial charge in [0.05, 0.1) is 11.2 Å². The number of nitrogens with two attached hydrogens (primary N) is 1. The van der Waals surface area contributed by atoms with Gasteiger partial charge < -0.3 is 11.1 Å². The molecule has 1 saturated carbocycles. The molecule has 0 atom stereocenters. The van der Waals surface area contributed by atoms with Gasteiger partial charge in [-0.3, -0.25) is 4.98 Å². The van der Waals surface area contributed by atoms with Crippen LogP contribution in [0.5, 0.6) is 0 Å². The van der Waals surface area contributed by atoms with Crippen molar-refractivity contribution in [3.8, 4) is 0 Å². The molecule has 1 aromatic carbocycles. The number of hydrogen-bond acceptors (Lipinski definition) is 3. The minimum atomic E-state index is -0.324. The molecule has 0 spiro atoms. The fourth-order valence-corrected chi connectivity index (χ4v) is 2.42. The van der Waals surface area contributed by atoms with E-state index in [2.05, 4.69) is 10.3 Å². The Morgan fingerprint density at radius 2 is 2.26 bits per heavy atom. The summed E-state index contributed by atoms with van der Waals surface area (Å²) in [4.78, 5) is 4.25. The normalized spacial score (nSPS) is 14.8. The number of nitrogen functional groups attached to an aromatic ring is 1. The molecule has 1 fully saturated rings. The van der Waals surface area contributed by atoms with Gasteiger partial charge in [-0.1, -0.05) is 12.8 Å². The van der Waals surface area contributed by atoms with Gasteiger partial charge in [0.1, 0.15) is 0 Å².